The lowest BCUT2D eigenvalue weighted by Crippen LogP contribution is -2.39. The van der Waals surface area contributed by atoms with Gasteiger partial charge in [-0.2, -0.15) is 0 Å². The second-order valence-electron chi connectivity index (χ2n) is 11.5. The highest BCUT2D eigenvalue weighted by Crippen LogP contribution is 2.33. The van der Waals surface area contributed by atoms with Gasteiger partial charge in [0.25, 0.3) is 0 Å². The van der Waals surface area contributed by atoms with Crippen LogP contribution < -0.4 is 5.32 Å². The molecule has 1 saturated heterocycles. The van der Waals surface area contributed by atoms with Crippen LogP contribution in [-0.2, 0) is 23.7 Å². The number of ether oxygens (including phenoxy) is 5. The first kappa shape index (κ1) is 26.8. The minimum atomic E-state index is 0.310. The van der Waals surface area contributed by atoms with Crippen molar-refractivity contribution in [3.05, 3.63) is 0 Å². The zero-order chi connectivity index (χ0) is 23.6. The highest BCUT2D eigenvalue weighted by molar-refractivity contribution is 4.83. The Bertz CT molecular complexity index is 505. The third-order valence-electron chi connectivity index (χ3n) is 8.96. The van der Waals surface area contributed by atoms with E-state index in [-0.39, 0.29) is 0 Å². The lowest BCUT2D eigenvalue weighted by atomic mass is 9.84. The van der Waals surface area contributed by atoms with Crippen LogP contribution in [0.3, 0.4) is 0 Å². The van der Waals surface area contributed by atoms with Crippen LogP contribution in [0.4, 0.5) is 0 Å². The number of hydrogen-bond acceptors (Lipinski definition) is 6. The molecule has 4 fully saturated rings. The molecule has 6 nitrogen and oxygen atoms in total. The van der Waals surface area contributed by atoms with Crippen molar-refractivity contribution in [1.29, 1.82) is 0 Å². The van der Waals surface area contributed by atoms with Crippen molar-refractivity contribution in [2.75, 3.05) is 47.1 Å². The zero-order valence-corrected chi connectivity index (χ0v) is 21.9. The van der Waals surface area contributed by atoms with Gasteiger partial charge in [-0.15, -0.1) is 0 Å². The summed E-state index contributed by atoms with van der Waals surface area (Å²) in [5, 5.41) is 3.44. The van der Waals surface area contributed by atoms with E-state index in [4.69, 9.17) is 23.7 Å². The second-order valence-corrected chi connectivity index (χ2v) is 11.5. The number of nitrogens with one attached hydrogen (secondary N) is 1. The van der Waals surface area contributed by atoms with E-state index in [2.05, 4.69) is 5.32 Å². The predicted molar refractivity (Wildman–Crippen MR) is 134 cm³/mol. The maximum absolute atomic E-state index is 6.56. The molecular formula is C28H51NO5. The van der Waals surface area contributed by atoms with Crippen molar-refractivity contribution >= 4 is 0 Å². The number of rotatable bonds is 11. The van der Waals surface area contributed by atoms with Gasteiger partial charge in [-0.3, -0.25) is 0 Å². The predicted octanol–water partition coefficient (Wildman–Crippen LogP) is 4.74. The molecule has 0 radical (unpaired) electrons. The second kappa shape index (κ2) is 14.5. The molecule has 0 aromatic rings. The normalized spacial score (nSPS) is 38.1. The van der Waals surface area contributed by atoms with E-state index in [0.717, 1.165) is 65.0 Å². The Labute approximate surface area is 208 Å². The number of piperidine rings is 1. The number of hydrogen-bond donors (Lipinski definition) is 1. The molecule has 0 aromatic carbocycles. The molecule has 0 spiro atoms. The first-order valence-corrected chi connectivity index (χ1v) is 14.3. The molecule has 0 bridgehead atoms. The summed E-state index contributed by atoms with van der Waals surface area (Å²) in [6.07, 6.45) is 17.2. The minimum Gasteiger partial charge on any atom is -0.381 e. The van der Waals surface area contributed by atoms with Gasteiger partial charge in [-0.05, 0) is 114 Å². The van der Waals surface area contributed by atoms with Gasteiger partial charge in [-0.25, -0.2) is 0 Å². The van der Waals surface area contributed by atoms with Gasteiger partial charge in [0, 0.05) is 34.0 Å². The standard InChI is InChI=1S/C28H51NO5/c1-30-24-7-3-21(4-8-24)18-33-27-15-23(20-32-26-11-13-29-14-12-26)16-28(17-27)34-19-22-5-9-25(31-2)10-6-22/h21-29H,3-20H2,1-2H3. The van der Waals surface area contributed by atoms with Gasteiger partial charge in [0.2, 0.25) is 0 Å². The van der Waals surface area contributed by atoms with Gasteiger partial charge in [0.1, 0.15) is 0 Å². The monoisotopic (exact) mass is 481 g/mol. The molecule has 2 atom stereocenters. The van der Waals surface area contributed by atoms with Crippen molar-refractivity contribution in [1.82, 2.24) is 5.32 Å². The molecule has 3 saturated carbocycles. The first-order chi connectivity index (χ1) is 16.7. The van der Waals surface area contributed by atoms with Gasteiger partial charge < -0.3 is 29.0 Å². The van der Waals surface area contributed by atoms with E-state index in [1.54, 1.807) is 0 Å². The summed E-state index contributed by atoms with van der Waals surface area (Å²) in [5.74, 6) is 1.92. The van der Waals surface area contributed by atoms with Crippen LogP contribution >= 0.6 is 0 Å². The van der Waals surface area contributed by atoms with Crippen LogP contribution in [-0.4, -0.2) is 77.6 Å². The lowest BCUT2D eigenvalue weighted by Gasteiger charge is -2.37. The van der Waals surface area contributed by atoms with Crippen LogP contribution in [0.2, 0.25) is 0 Å². The summed E-state index contributed by atoms with van der Waals surface area (Å²) in [4.78, 5) is 0. The molecule has 0 aromatic heterocycles. The largest absolute Gasteiger partial charge is 0.381 e. The smallest absolute Gasteiger partial charge is 0.0603 e. The average Bonchev–Trinajstić information content (AvgIpc) is 2.90. The topological polar surface area (TPSA) is 58.2 Å². The molecule has 4 aliphatic rings. The van der Waals surface area contributed by atoms with Crippen LogP contribution in [0.15, 0.2) is 0 Å². The molecule has 34 heavy (non-hydrogen) atoms. The summed E-state index contributed by atoms with van der Waals surface area (Å²) in [6.45, 7) is 4.84. The van der Waals surface area contributed by atoms with Crippen LogP contribution in [0.25, 0.3) is 0 Å². The van der Waals surface area contributed by atoms with E-state index < -0.39 is 0 Å². The zero-order valence-electron chi connectivity index (χ0n) is 21.9. The molecule has 4 rings (SSSR count). The first-order valence-electron chi connectivity index (χ1n) is 14.3. The van der Waals surface area contributed by atoms with Crippen LogP contribution in [0, 0.1) is 17.8 Å². The Kier molecular flexibility index (Phi) is 11.4. The lowest BCUT2D eigenvalue weighted by molar-refractivity contribution is -0.0979. The molecule has 0 amide bonds. The molecule has 3 aliphatic carbocycles. The van der Waals surface area contributed by atoms with Gasteiger partial charge >= 0.3 is 0 Å². The van der Waals surface area contributed by atoms with E-state index >= 15 is 0 Å². The summed E-state index contributed by atoms with van der Waals surface area (Å²) in [6, 6.07) is 0. The van der Waals surface area contributed by atoms with Gasteiger partial charge in [0.15, 0.2) is 0 Å². The molecule has 6 heteroatoms. The van der Waals surface area contributed by atoms with E-state index in [1.165, 1.54) is 51.4 Å². The van der Waals surface area contributed by atoms with Crippen molar-refractivity contribution in [3.63, 3.8) is 0 Å². The third kappa shape index (κ3) is 8.70. The van der Waals surface area contributed by atoms with Crippen molar-refractivity contribution in [2.24, 2.45) is 17.8 Å². The third-order valence-corrected chi connectivity index (χ3v) is 8.96. The van der Waals surface area contributed by atoms with E-state index in [1.807, 2.05) is 14.2 Å². The Morgan fingerprint density at radius 3 is 1.38 bits per heavy atom. The molecular weight excluding hydrogens is 430 g/mol. The minimum absolute atomic E-state index is 0.310. The summed E-state index contributed by atoms with van der Waals surface area (Å²) < 4.78 is 30.6. The SMILES string of the molecule is COC1CCC(COC2CC(COC3CCNCC3)CC(OCC3CCC(OC)CC3)C2)CC1. The Balaban J connectivity index is 1.23. The molecule has 1 N–H and O–H groups in total. The van der Waals surface area contributed by atoms with Crippen molar-refractivity contribution in [3.8, 4) is 0 Å². The van der Waals surface area contributed by atoms with Crippen molar-refractivity contribution in [2.45, 2.75) is 114 Å². The fraction of sp³-hybridized carbons (Fsp3) is 1.00. The van der Waals surface area contributed by atoms with Crippen LogP contribution in [0.5, 0.6) is 0 Å². The Morgan fingerprint density at radius 2 is 0.912 bits per heavy atom. The summed E-state index contributed by atoms with van der Waals surface area (Å²) >= 11 is 0. The summed E-state index contributed by atoms with van der Waals surface area (Å²) in [5.41, 5.74) is 0. The molecule has 1 heterocycles. The fourth-order valence-corrected chi connectivity index (χ4v) is 6.58. The molecule has 1 aliphatic heterocycles. The quantitative estimate of drug-likeness (QED) is 0.460. The summed E-state index contributed by atoms with van der Waals surface area (Å²) in [7, 11) is 3.69. The van der Waals surface area contributed by atoms with Gasteiger partial charge in [-0.1, -0.05) is 0 Å². The highest BCUT2D eigenvalue weighted by atomic mass is 16.5. The average molecular weight is 482 g/mol. The number of methoxy groups -OCH3 is 2. The Morgan fingerprint density at radius 1 is 0.471 bits per heavy atom. The Hall–Kier alpha value is -0.240. The molecule has 2 unspecified atom stereocenters. The van der Waals surface area contributed by atoms with E-state index in [0.29, 0.717) is 48.3 Å². The van der Waals surface area contributed by atoms with E-state index in [9.17, 15) is 0 Å². The fourth-order valence-electron chi connectivity index (χ4n) is 6.58. The highest BCUT2D eigenvalue weighted by Gasteiger charge is 2.33. The maximum atomic E-state index is 6.56. The van der Waals surface area contributed by atoms with Crippen molar-refractivity contribution < 1.29 is 23.7 Å². The maximum Gasteiger partial charge on any atom is 0.0603 e. The molecule has 198 valence electrons. The van der Waals surface area contributed by atoms with Crippen LogP contribution in [0.1, 0.15) is 83.5 Å². The van der Waals surface area contributed by atoms with Gasteiger partial charge in [0.05, 0.1) is 30.5 Å².